The molecule has 0 aliphatic carbocycles. The maximum Gasteiger partial charge on any atom is 0.269 e. The number of nitro groups is 1. The number of thioether (sulfide) groups is 1. The zero-order valence-electron chi connectivity index (χ0n) is 19.1. The van der Waals surface area contributed by atoms with Crippen LogP contribution in [0.25, 0.3) is 0 Å². The summed E-state index contributed by atoms with van der Waals surface area (Å²) in [6.45, 7) is 3.76. The number of methoxy groups -OCH3 is 1. The van der Waals surface area contributed by atoms with Gasteiger partial charge in [-0.2, -0.15) is 0 Å². The first-order valence-corrected chi connectivity index (χ1v) is 11.5. The number of anilines is 1. The fourth-order valence-corrected chi connectivity index (χ4v) is 4.18. The molecule has 1 N–H and O–H groups in total. The number of nitrogens with zero attached hydrogens (tertiary/aromatic N) is 4. The first kappa shape index (κ1) is 24.2. The van der Waals surface area contributed by atoms with Crippen LogP contribution in [0.2, 0.25) is 0 Å². The number of ether oxygens (including phenoxy) is 1. The molecule has 10 heteroatoms. The summed E-state index contributed by atoms with van der Waals surface area (Å²) in [6.07, 6.45) is 2.64. The Morgan fingerprint density at radius 1 is 1.15 bits per heavy atom. The monoisotopic (exact) mass is 469 g/mol. The minimum absolute atomic E-state index is 0.00591. The zero-order valence-corrected chi connectivity index (χ0v) is 19.9. The van der Waals surface area contributed by atoms with Gasteiger partial charge in [0.05, 0.1) is 17.8 Å². The van der Waals surface area contributed by atoms with Gasteiger partial charge in [0, 0.05) is 31.3 Å². The van der Waals surface area contributed by atoms with Gasteiger partial charge in [0.2, 0.25) is 5.91 Å². The lowest BCUT2D eigenvalue weighted by molar-refractivity contribution is -0.384. The Bertz CT molecular complexity index is 1160. The van der Waals surface area contributed by atoms with E-state index in [1.54, 1.807) is 20.1 Å². The minimum atomic E-state index is -0.460. The van der Waals surface area contributed by atoms with Crippen molar-refractivity contribution in [1.29, 1.82) is 0 Å². The molecular weight excluding hydrogens is 442 g/mol. The third kappa shape index (κ3) is 6.32. The number of aromatic nitrogens is 3. The molecule has 0 saturated heterocycles. The number of hydrogen-bond donors (Lipinski definition) is 1. The van der Waals surface area contributed by atoms with Gasteiger partial charge in [-0.25, -0.2) is 0 Å². The third-order valence-electron chi connectivity index (χ3n) is 5.28. The summed E-state index contributed by atoms with van der Waals surface area (Å²) in [5, 5.41) is 22.8. The first-order chi connectivity index (χ1) is 15.8. The summed E-state index contributed by atoms with van der Waals surface area (Å²) < 4.78 is 7.22. The van der Waals surface area contributed by atoms with E-state index in [2.05, 4.69) is 27.6 Å². The molecule has 0 saturated carbocycles. The van der Waals surface area contributed by atoms with Gasteiger partial charge in [-0.3, -0.25) is 14.9 Å². The van der Waals surface area contributed by atoms with Crippen LogP contribution in [0, 0.1) is 24.0 Å². The number of benzene rings is 2. The molecule has 3 aromatic rings. The number of rotatable bonds is 10. The summed E-state index contributed by atoms with van der Waals surface area (Å²) in [5.74, 6) is 1.71. The quantitative estimate of drug-likeness (QED) is 0.268. The molecule has 0 bridgehead atoms. The van der Waals surface area contributed by atoms with Crippen molar-refractivity contribution < 1.29 is 14.5 Å². The van der Waals surface area contributed by atoms with Crippen molar-refractivity contribution in [2.24, 2.45) is 7.05 Å². The van der Waals surface area contributed by atoms with Gasteiger partial charge in [-0.05, 0) is 55.5 Å². The van der Waals surface area contributed by atoms with Gasteiger partial charge in [-0.1, -0.05) is 23.9 Å². The van der Waals surface area contributed by atoms with Crippen molar-refractivity contribution in [2.75, 3.05) is 18.2 Å². The van der Waals surface area contributed by atoms with Gasteiger partial charge >= 0.3 is 0 Å². The highest BCUT2D eigenvalue weighted by Crippen LogP contribution is 2.23. The average molecular weight is 470 g/mol. The number of carbonyl (C=O) groups is 1. The average Bonchev–Trinajstić information content (AvgIpc) is 3.13. The molecule has 9 nitrogen and oxygen atoms in total. The Hall–Kier alpha value is -3.40. The van der Waals surface area contributed by atoms with E-state index in [1.807, 2.05) is 24.6 Å². The second-order valence-electron chi connectivity index (χ2n) is 7.71. The minimum Gasteiger partial charge on any atom is -0.496 e. The molecule has 0 aliphatic heterocycles. The predicted molar refractivity (Wildman–Crippen MR) is 128 cm³/mol. The summed E-state index contributed by atoms with van der Waals surface area (Å²) in [4.78, 5) is 22.7. The molecule has 0 spiro atoms. The van der Waals surface area contributed by atoms with Crippen molar-refractivity contribution in [3.8, 4) is 5.75 Å². The molecule has 1 heterocycles. The van der Waals surface area contributed by atoms with Crippen LogP contribution < -0.4 is 10.1 Å². The van der Waals surface area contributed by atoms with Crippen molar-refractivity contribution >= 4 is 29.0 Å². The van der Waals surface area contributed by atoms with Crippen molar-refractivity contribution in [3.63, 3.8) is 0 Å². The standard InChI is InChI=1S/C23H27N5O4S/c1-15-13-18(28(30)31)9-10-19(15)24-22(29)14-33-23-26-25-21(27(23)3)7-5-6-17-8-11-20(32-4)16(2)12-17/h8-13H,5-7,14H2,1-4H3,(H,24,29). The topological polar surface area (TPSA) is 112 Å². The molecular formula is C23H27N5O4S. The number of aryl methyl sites for hydroxylation is 4. The normalized spacial score (nSPS) is 10.8. The fraction of sp³-hybridized carbons (Fsp3) is 0.348. The van der Waals surface area contributed by atoms with Gasteiger partial charge in [-0.15, -0.1) is 10.2 Å². The summed E-state index contributed by atoms with van der Waals surface area (Å²) in [6, 6.07) is 10.6. The number of nitro benzene ring substituents is 1. The summed E-state index contributed by atoms with van der Waals surface area (Å²) in [7, 11) is 3.57. The van der Waals surface area contributed by atoms with Gasteiger partial charge in [0.15, 0.2) is 5.16 Å². The number of nitrogens with one attached hydrogen (secondary N) is 1. The Balaban J connectivity index is 1.50. The molecule has 0 fully saturated rings. The number of amides is 1. The predicted octanol–water partition coefficient (Wildman–Crippen LogP) is 4.25. The molecule has 3 rings (SSSR count). The highest BCUT2D eigenvalue weighted by molar-refractivity contribution is 7.99. The Morgan fingerprint density at radius 2 is 1.94 bits per heavy atom. The molecule has 174 valence electrons. The van der Waals surface area contributed by atoms with Crippen LogP contribution in [-0.2, 0) is 24.7 Å². The smallest absolute Gasteiger partial charge is 0.269 e. The van der Waals surface area contributed by atoms with E-state index in [1.165, 1.54) is 29.5 Å². The number of non-ortho nitro benzene ring substituents is 1. The molecule has 2 aromatic carbocycles. The first-order valence-electron chi connectivity index (χ1n) is 10.5. The number of carbonyl (C=O) groups excluding carboxylic acids is 1. The lowest BCUT2D eigenvalue weighted by Crippen LogP contribution is -2.15. The van der Waals surface area contributed by atoms with Crippen molar-refractivity contribution in [2.45, 2.75) is 38.3 Å². The Labute approximate surface area is 196 Å². The van der Waals surface area contributed by atoms with Crippen LogP contribution in [0.4, 0.5) is 11.4 Å². The van der Waals surface area contributed by atoms with Crippen LogP contribution >= 0.6 is 11.8 Å². The SMILES string of the molecule is COc1ccc(CCCc2nnc(SCC(=O)Nc3ccc([N+](=O)[O-])cc3C)n2C)cc1C. The summed E-state index contributed by atoms with van der Waals surface area (Å²) >= 11 is 1.30. The van der Waals surface area contributed by atoms with Crippen LogP contribution in [0.1, 0.15) is 28.9 Å². The highest BCUT2D eigenvalue weighted by Gasteiger charge is 2.14. The molecule has 0 radical (unpaired) electrons. The third-order valence-corrected chi connectivity index (χ3v) is 6.30. The molecule has 0 atom stereocenters. The Morgan fingerprint density at radius 3 is 2.61 bits per heavy atom. The maximum absolute atomic E-state index is 12.3. The van der Waals surface area contributed by atoms with E-state index in [0.29, 0.717) is 16.4 Å². The second kappa shape index (κ2) is 11.0. The maximum atomic E-state index is 12.3. The van der Waals surface area contributed by atoms with Crippen LogP contribution in [0.5, 0.6) is 5.75 Å². The zero-order chi connectivity index (χ0) is 24.0. The fourth-order valence-electron chi connectivity index (χ4n) is 3.45. The Kier molecular flexibility index (Phi) is 8.05. The molecule has 0 unspecified atom stereocenters. The lowest BCUT2D eigenvalue weighted by atomic mass is 10.0. The van der Waals surface area contributed by atoms with Crippen molar-refractivity contribution in [1.82, 2.24) is 14.8 Å². The van der Waals surface area contributed by atoms with Crippen LogP contribution in [0.3, 0.4) is 0 Å². The second-order valence-corrected chi connectivity index (χ2v) is 8.65. The van der Waals surface area contributed by atoms with E-state index in [0.717, 1.165) is 36.4 Å². The van der Waals surface area contributed by atoms with Crippen LogP contribution in [0.15, 0.2) is 41.6 Å². The molecule has 33 heavy (non-hydrogen) atoms. The van der Waals surface area contributed by atoms with E-state index < -0.39 is 4.92 Å². The summed E-state index contributed by atoms with van der Waals surface area (Å²) in [5.41, 5.74) is 3.56. The van der Waals surface area contributed by atoms with E-state index >= 15 is 0 Å². The lowest BCUT2D eigenvalue weighted by Gasteiger charge is -2.08. The molecule has 0 aliphatic rings. The highest BCUT2D eigenvalue weighted by atomic mass is 32.2. The largest absolute Gasteiger partial charge is 0.496 e. The van der Waals surface area contributed by atoms with E-state index in [9.17, 15) is 14.9 Å². The number of hydrogen-bond acceptors (Lipinski definition) is 7. The van der Waals surface area contributed by atoms with Crippen LogP contribution in [-0.4, -0.2) is 38.5 Å². The van der Waals surface area contributed by atoms with Crippen molar-refractivity contribution in [3.05, 3.63) is 69.0 Å². The van der Waals surface area contributed by atoms with E-state index in [-0.39, 0.29) is 17.3 Å². The molecule has 1 amide bonds. The van der Waals surface area contributed by atoms with Gasteiger partial charge in [0.25, 0.3) is 5.69 Å². The molecule has 1 aromatic heterocycles. The van der Waals surface area contributed by atoms with Gasteiger partial charge < -0.3 is 14.6 Å². The van der Waals surface area contributed by atoms with Gasteiger partial charge in [0.1, 0.15) is 11.6 Å². The van der Waals surface area contributed by atoms with E-state index in [4.69, 9.17) is 4.74 Å².